The molecule has 0 fully saturated rings. The van der Waals surface area contributed by atoms with Crippen LogP contribution in [0.3, 0.4) is 0 Å². The highest BCUT2D eigenvalue weighted by atomic mass is 16.2. The van der Waals surface area contributed by atoms with Gasteiger partial charge in [0.2, 0.25) is 11.9 Å². The first kappa shape index (κ1) is 15.7. The Hall–Kier alpha value is -1.30. The monoisotopic (exact) mass is 243 g/mol. The summed E-state index contributed by atoms with van der Waals surface area (Å²) in [4.78, 5) is 17.5. The van der Waals surface area contributed by atoms with Crippen molar-refractivity contribution < 1.29 is 4.79 Å². The zero-order valence-corrected chi connectivity index (χ0v) is 11.3. The van der Waals surface area contributed by atoms with Crippen molar-refractivity contribution in [3.05, 3.63) is 0 Å². The Bertz CT molecular complexity index is 248. The summed E-state index contributed by atoms with van der Waals surface area (Å²) in [5.74, 6) is 6.28. The quantitative estimate of drug-likeness (QED) is 0.264. The van der Waals surface area contributed by atoms with E-state index in [1.165, 1.54) is 0 Å². The third-order valence-electron chi connectivity index (χ3n) is 2.30. The molecule has 0 aromatic carbocycles. The molecule has 6 heteroatoms. The van der Waals surface area contributed by atoms with E-state index in [1.54, 1.807) is 4.90 Å². The van der Waals surface area contributed by atoms with Gasteiger partial charge in [0, 0.05) is 19.6 Å². The number of likely N-dealkylation sites (N-methyl/N-ethyl adjacent to an activating group) is 1. The Kier molecular flexibility index (Phi) is 8.13. The van der Waals surface area contributed by atoms with Gasteiger partial charge >= 0.3 is 0 Å². The number of amides is 1. The third-order valence-corrected chi connectivity index (χ3v) is 2.30. The summed E-state index contributed by atoms with van der Waals surface area (Å²) in [6, 6.07) is 0. The molecule has 4 N–H and O–H groups in total. The van der Waals surface area contributed by atoms with Crippen molar-refractivity contribution in [3.63, 3.8) is 0 Å². The second-order valence-corrected chi connectivity index (χ2v) is 4.15. The molecule has 0 aromatic rings. The summed E-state index contributed by atoms with van der Waals surface area (Å²) in [5.41, 5.74) is 2.46. The zero-order chi connectivity index (χ0) is 13.3. The van der Waals surface area contributed by atoms with Crippen molar-refractivity contribution >= 4 is 11.9 Å². The van der Waals surface area contributed by atoms with Gasteiger partial charge in [0.25, 0.3) is 0 Å². The maximum absolute atomic E-state index is 11.7. The summed E-state index contributed by atoms with van der Waals surface area (Å²) < 4.78 is 0. The lowest BCUT2D eigenvalue weighted by Crippen LogP contribution is -2.44. The van der Waals surface area contributed by atoms with Crippen molar-refractivity contribution in [2.24, 2.45) is 16.8 Å². The highest BCUT2D eigenvalue weighted by Crippen LogP contribution is 1.90. The number of nitrogens with two attached hydrogens (primary N) is 1. The molecule has 0 saturated heterocycles. The van der Waals surface area contributed by atoms with Gasteiger partial charge in [-0.2, -0.15) is 0 Å². The van der Waals surface area contributed by atoms with Gasteiger partial charge in [-0.3, -0.25) is 10.2 Å². The highest BCUT2D eigenvalue weighted by Gasteiger charge is 2.08. The Labute approximate surface area is 104 Å². The number of nitrogens with zero attached hydrogens (tertiary/aromatic N) is 2. The average molecular weight is 243 g/mol. The molecule has 0 heterocycles. The third kappa shape index (κ3) is 6.78. The highest BCUT2D eigenvalue weighted by molar-refractivity contribution is 5.84. The van der Waals surface area contributed by atoms with Crippen LogP contribution in [0.25, 0.3) is 0 Å². The molecule has 100 valence electrons. The first-order valence-electron chi connectivity index (χ1n) is 6.07. The number of aliphatic imine (C=N–C) groups is 1. The summed E-state index contributed by atoms with van der Waals surface area (Å²) >= 11 is 0. The number of guanidine groups is 1. The molecule has 0 saturated carbocycles. The van der Waals surface area contributed by atoms with Crippen LogP contribution in [0, 0.1) is 5.92 Å². The van der Waals surface area contributed by atoms with Crippen LogP contribution in [0.4, 0.5) is 0 Å². The number of hydrogen-bond donors (Lipinski definition) is 3. The Morgan fingerprint density at radius 3 is 2.35 bits per heavy atom. The van der Waals surface area contributed by atoms with Gasteiger partial charge in [0.05, 0.1) is 0 Å². The minimum absolute atomic E-state index is 0.00842. The molecule has 0 rings (SSSR count). The van der Waals surface area contributed by atoms with Gasteiger partial charge in [-0.1, -0.05) is 13.8 Å². The van der Waals surface area contributed by atoms with Crippen LogP contribution in [0.5, 0.6) is 0 Å². The van der Waals surface area contributed by atoms with Crippen LogP contribution < -0.4 is 16.6 Å². The first-order chi connectivity index (χ1) is 8.04. The van der Waals surface area contributed by atoms with Crippen molar-refractivity contribution in [3.8, 4) is 0 Å². The molecule has 0 aliphatic heterocycles. The van der Waals surface area contributed by atoms with Crippen molar-refractivity contribution in [2.75, 3.05) is 26.2 Å². The molecular formula is C11H25N5O. The van der Waals surface area contributed by atoms with Crippen molar-refractivity contribution in [2.45, 2.75) is 27.7 Å². The predicted molar refractivity (Wildman–Crippen MR) is 70.4 cm³/mol. The number of hydrogen-bond acceptors (Lipinski definition) is 3. The van der Waals surface area contributed by atoms with Crippen LogP contribution in [0.15, 0.2) is 4.99 Å². The molecule has 17 heavy (non-hydrogen) atoms. The van der Waals surface area contributed by atoms with Crippen LogP contribution >= 0.6 is 0 Å². The van der Waals surface area contributed by atoms with Crippen LogP contribution in [-0.2, 0) is 4.79 Å². The van der Waals surface area contributed by atoms with E-state index in [-0.39, 0.29) is 12.5 Å². The number of nitrogens with one attached hydrogen (secondary N) is 2. The summed E-state index contributed by atoms with van der Waals surface area (Å²) in [7, 11) is 0. The lowest BCUT2D eigenvalue weighted by molar-refractivity contribution is -0.129. The van der Waals surface area contributed by atoms with E-state index < -0.39 is 0 Å². The van der Waals surface area contributed by atoms with Gasteiger partial charge in [0.15, 0.2) is 0 Å². The molecule has 0 atom stereocenters. The Balaban J connectivity index is 4.20. The maximum atomic E-state index is 11.7. The molecule has 0 aliphatic rings. The fraction of sp³-hybridized carbons (Fsp3) is 0.818. The number of rotatable bonds is 6. The van der Waals surface area contributed by atoms with E-state index in [1.807, 2.05) is 13.8 Å². The van der Waals surface area contributed by atoms with E-state index in [9.17, 15) is 4.79 Å². The average Bonchev–Trinajstić information content (AvgIpc) is 2.30. The van der Waals surface area contributed by atoms with Gasteiger partial charge < -0.3 is 10.2 Å². The number of carbonyl (C=O) groups excluding carboxylic acids is 1. The topological polar surface area (TPSA) is 82.8 Å². The van der Waals surface area contributed by atoms with E-state index >= 15 is 0 Å². The maximum Gasteiger partial charge on any atom is 0.244 e. The van der Waals surface area contributed by atoms with Crippen LogP contribution in [-0.4, -0.2) is 42.9 Å². The smallest absolute Gasteiger partial charge is 0.244 e. The lowest BCUT2D eigenvalue weighted by atomic mass is 10.2. The Morgan fingerprint density at radius 1 is 1.35 bits per heavy atom. The normalized spacial score (nSPS) is 11.5. The largest absolute Gasteiger partial charge is 0.355 e. The molecular weight excluding hydrogens is 218 g/mol. The molecule has 0 aromatic heterocycles. The van der Waals surface area contributed by atoms with E-state index in [2.05, 4.69) is 29.6 Å². The molecule has 0 aliphatic carbocycles. The van der Waals surface area contributed by atoms with Gasteiger partial charge in [-0.15, -0.1) is 0 Å². The van der Waals surface area contributed by atoms with Crippen molar-refractivity contribution in [1.82, 2.24) is 15.6 Å². The minimum atomic E-state index is 0.00842. The van der Waals surface area contributed by atoms with E-state index in [0.717, 1.165) is 6.54 Å². The minimum Gasteiger partial charge on any atom is -0.355 e. The summed E-state index contributed by atoms with van der Waals surface area (Å²) in [5, 5.41) is 3.04. The lowest BCUT2D eigenvalue weighted by Gasteiger charge is -2.17. The van der Waals surface area contributed by atoms with E-state index in [4.69, 9.17) is 5.84 Å². The van der Waals surface area contributed by atoms with Gasteiger partial charge in [-0.05, 0) is 19.8 Å². The van der Waals surface area contributed by atoms with Gasteiger partial charge in [0.1, 0.15) is 6.54 Å². The van der Waals surface area contributed by atoms with Crippen LogP contribution in [0.1, 0.15) is 27.7 Å². The zero-order valence-electron chi connectivity index (χ0n) is 11.3. The standard InChI is InChI=1S/C11H25N5O/c1-5-16(6-2)10(17)8-14-11(15-12)13-7-9(3)4/h9H,5-8,12H2,1-4H3,(H2,13,14,15). The molecule has 6 nitrogen and oxygen atoms in total. The molecule has 0 unspecified atom stereocenters. The fourth-order valence-electron chi connectivity index (χ4n) is 1.28. The fourth-order valence-corrected chi connectivity index (χ4v) is 1.28. The molecule has 0 bridgehead atoms. The molecule has 0 spiro atoms. The number of hydrazine groups is 1. The van der Waals surface area contributed by atoms with Crippen LogP contribution in [0.2, 0.25) is 0 Å². The molecule has 1 amide bonds. The predicted octanol–water partition coefficient (Wildman–Crippen LogP) is -0.0803. The molecule has 0 radical (unpaired) electrons. The first-order valence-corrected chi connectivity index (χ1v) is 6.07. The second-order valence-electron chi connectivity index (χ2n) is 4.15. The Morgan fingerprint density at radius 2 is 1.94 bits per heavy atom. The second kappa shape index (κ2) is 8.81. The summed E-state index contributed by atoms with van der Waals surface area (Å²) in [6.07, 6.45) is 0. The number of carbonyl (C=O) groups is 1. The van der Waals surface area contributed by atoms with Crippen molar-refractivity contribution in [1.29, 1.82) is 0 Å². The SMILES string of the molecule is CCN(CC)C(=O)CN=C(NN)NCC(C)C. The van der Waals surface area contributed by atoms with Gasteiger partial charge in [-0.25, -0.2) is 10.8 Å². The van der Waals surface area contributed by atoms with E-state index in [0.29, 0.717) is 25.0 Å². The summed E-state index contributed by atoms with van der Waals surface area (Å²) in [6.45, 7) is 10.4.